The summed E-state index contributed by atoms with van der Waals surface area (Å²) in [7, 11) is 0. The largest absolute Gasteiger partial charge is 0.317 e. The van der Waals surface area contributed by atoms with Crippen molar-refractivity contribution in [3.8, 4) is 0 Å². The number of nitrogens with one attached hydrogen (secondary N) is 2. The van der Waals surface area contributed by atoms with Crippen LogP contribution >= 0.6 is 11.3 Å². The van der Waals surface area contributed by atoms with Crippen LogP contribution in [0.4, 0.5) is 5.13 Å². The minimum atomic E-state index is -0.276. The summed E-state index contributed by atoms with van der Waals surface area (Å²) in [4.78, 5) is 12.4. The number of hydrogen-bond donors (Lipinski definition) is 2. The number of rotatable bonds is 5. The molecule has 124 valence electrons. The van der Waals surface area contributed by atoms with E-state index in [1.807, 2.05) is 11.6 Å². The molecule has 3 rings (SSSR count). The molecule has 0 bridgehead atoms. The van der Waals surface area contributed by atoms with Crippen LogP contribution in [0.3, 0.4) is 0 Å². The zero-order valence-corrected chi connectivity index (χ0v) is 14.2. The molecule has 0 unspecified atom stereocenters. The standard InChI is InChI=1S/C14H21N7OS/c1-3-4-11-17-19-14(23-11)16-13(22)12-9(2)21(20-18-12)10-5-7-15-8-6-10/h10,15H,3-8H2,1-2H3,(H,16,19,22). The highest BCUT2D eigenvalue weighted by molar-refractivity contribution is 7.15. The van der Waals surface area contributed by atoms with Gasteiger partial charge in [-0.25, -0.2) is 4.68 Å². The maximum absolute atomic E-state index is 12.4. The molecule has 8 nitrogen and oxygen atoms in total. The Hall–Kier alpha value is -1.87. The van der Waals surface area contributed by atoms with E-state index in [-0.39, 0.29) is 5.91 Å². The van der Waals surface area contributed by atoms with Gasteiger partial charge in [0.1, 0.15) is 5.01 Å². The van der Waals surface area contributed by atoms with E-state index in [1.54, 1.807) is 0 Å². The van der Waals surface area contributed by atoms with Gasteiger partial charge in [0.05, 0.1) is 11.7 Å². The molecule has 1 amide bonds. The van der Waals surface area contributed by atoms with Crippen LogP contribution in [-0.2, 0) is 6.42 Å². The summed E-state index contributed by atoms with van der Waals surface area (Å²) in [5, 5.41) is 23.8. The molecule has 3 heterocycles. The monoisotopic (exact) mass is 335 g/mol. The molecule has 0 spiro atoms. The summed E-state index contributed by atoms with van der Waals surface area (Å²) in [6, 6.07) is 0.308. The van der Waals surface area contributed by atoms with Crippen LogP contribution in [0.1, 0.15) is 53.4 Å². The third-order valence-electron chi connectivity index (χ3n) is 3.95. The van der Waals surface area contributed by atoms with Gasteiger partial charge >= 0.3 is 0 Å². The Morgan fingerprint density at radius 1 is 1.35 bits per heavy atom. The number of aromatic nitrogens is 5. The smallest absolute Gasteiger partial charge is 0.279 e. The molecular formula is C14H21N7OS. The van der Waals surface area contributed by atoms with Crippen LogP contribution < -0.4 is 10.6 Å². The molecule has 1 aliphatic rings. The average Bonchev–Trinajstić information content (AvgIpc) is 3.15. The summed E-state index contributed by atoms with van der Waals surface area (Å²) >= 11 is 1.40. The summed E-state index contributed by atoms with van der Waals surface area (Å²) < 4.78 is 1.87. The van der Waals surface area contributed by atoms with Crippen molar-refractivity contribution in [1.29, 1.82) is 0 Å². The van der Waals surface area contributed by atoms with Crippen LogP contribution in [0.25, 0.3) is 0 Å². The van der Waals surface area contributed by atoms with E-state index in [2.05, 4.69) is 38.1 Å². The van der Waals surface area contributed by atoms with Gasteiger partial charge in [0.15, 0.2) is 5.69 Å². The van der Waals surface area contributed by atoms with Crippen molar-refractivity contribution in [2.45, 2.75) is 45.6 Å². The highest BCUT2D eigenvalue weighted by Crippen LogP contribution is 2.21. The molecule has 0 atom stereocenters. The lowest BCUT2D eigenvalue weighted by molar-refractivity contribution is 0.102. The third kappa shape index (κ3) is 3.56. The zero-order valence-electron chi connectivity index (χ0n) is 13.4. The lowest BCUT2D eigenvalue weighted by atomic mass is 10.1. The van der Waals surface area contributed by atoms with E-state index in [0.29, 0.717) is 16.9 Å². The summed E-state index contributed by atoms with van der Waals surface area (Å²) in [5.74, 6) is -0.276. The van der Waals surface area contributed by atoms with Gasteiger partial charge in [-0.3, -0.25) is 10.1 Å². The van der Waals surface area contributed by atoms with E-state index in [0.717, 1.165) is 49.5 Å². The Morgan fingerprint density at radius 2 is 2.13 bits per heavy atom. The molecule has 0 radical (unpaired) electrons. The van der Waals surface area contributed by atoms with Gasteiger partial charge in [-0.1, -0.05) is 23.5 Å². The summed E-state index contributed by atoms with van der Waals surface area (Å²) in [6.45, 7) is 5.91. The number of carbonyl (C=O) groups excluding carboxylic acids is 1. The number of aryl methyl sites for hydroxylation is 1. The topological polar surface area (TPSA) is 97.6 Å². The predicted molar refractivity (Wildman–Crippen MR) is 87.8 cm³/mol. The van der Waals surface area contributed by atoms with Gasteiger partial charge in [-0.15, -0.1) is 15.3 Å². The van der Waals surface area contributed by atoms with E-state index >= 15 is 0 Å². The highest BCUT2D eigenvalue weighted by Gasteiger charge is 2.23. The van der Waals surface area contributed by atoms with Crippen LogP contribution in [0, 0.1) is 6.92 Å². The Kier molecular flexibility index (Phi) is 4.97. The Balaban J connectivity index is 1.70. The fraction of sp³-hybridized carbons (Fsp3) is 0.643. The summed E-state index contributed by atoms with van der Waals surface area (Å²) in [6.07, 6.45) is 3.88. The molecule has 23 heavy (non-hydrogen) atoms. The van der Waals surface area contributed by atoms with E-state index < -0.39 is 0 Å². The third-order valence-corrected chi connectivity index (χ3v) is 4.85. The van der Waals surface area contributed by atoms with E-state index in [4.69, 9.17) is 0 Å². The molecule has 2 aromatic rings. The van der Waals surface area contributed by atoms with Gasteiger partial charge < -0.3 is 5.32 Å². The first-order valence-electron chi connectivity index (χ1n) is 7.95. The minimum absolute atomic E-state index is 0.276. The highest BCUT2D eigenvalue weighted by atomic mass is 32.1. The lowest BCUT2D eigenvalue weighted by Gasteiger charge is -2.23. The normalized spacial score (nSPS) is 15.7. The van der Waals surface area contributed by atoms with Crippen LogP contribution in [0.15, 0.2) is 0 Å². The van der Waals surface area contributed by atoms with Crippen molar-refractivity contribution in [1.82, 2.24) is 30.5 Å². The van der Waals surface area contributed by atoms with Crippen molar-refractivity contribution < 1.29 is 4.79 Å². The Labute approximate surface area is 138 Å². The first-order valence-corrected chi connectivity index (χ1v) is 8.77. The molecule has 0 saturated carbocycles. The SMILES string of the molecule is CCCc1nnc(NC(=O)c2nnn(C3CCNCC3)c2C)s1. The molecule has 1 aliphatic heterocycles. The first kappa shape index (κ1) is 16.0. The number of hydrogen-bond acceptors (Lipinski definition) is 7. The predicted octanol–water partition coefficient (Wildman–Crippen LogP) is 1.57. The van der Waals surface area contributed by atoms with Gasteiger partial charge in [0, 0.05) is 6.42 Å². The maximum Gasteiger partial charge on any atom is 0.279 e. The van der Waals surface area contributed by atoms with Gasteiger partial charge in [-0.05, 0) is 39.3 Å². The zero-order chi connectivity index (χ0) is 16.2. The minimum Gasteiger partial charge on any atom is -0.317 e. The number of piperidine rings is 1. The van der Waals surface area contributed by atoms with Crippen molar-refractivity contribution in [3.63, 3.8) is 0 Å². The molecular weight excluding hydrogens is 314 g/mol. The molecule has 0 aromatic carbocycles. The molecule has 1 saturated heterocycles. The fourth-order valence-corrected chi connectivity index (χ4v) is 3.56. The molecule has 1 fully saturated rings. The van der Waals surface area contributed by atoms with Crippen LogP contribution in [0.5, 0.6) is 0 Å². The van der Waals surface area contributed by atoms with Gasteiger partial charge in [-0.2, -0.15) is 0 Å². The van der Waals surface area contributed by atoms with E-state index in [9.17, 15) is 4.79 Å². The maximum atomic E-state index is 12.4. The van der Waals surface area contributed by atoms with Crippen molar-refractivity contribution in [2.24, 2.45) is 0 Å². The molecule has 9 heteroatoms. The van der Waals surface area contributed by atoms with Crippen LogP contribution in [0.2, 0.25) is 0 Å². The lowest BCUT2D eigenvalue weighted by Crippen LogP contribution is -2.30. The quantitative estimate of drug-likeness (QED) is 0.861. The van der Waals surface area contributed by atoms with E-state index in [1.165, 1.54) is 11.3 Å². The fourth-order valence-electron chi connectivity index (χ4n) is 2.72. The molecule has 2 N–H and O–H groups in total. The first-order chi connectivity index (χ1) is 11.2. The van der Waals surface area contributed by atoms with Crippen LogP contribution in [-0.4, -0.2) is 44.2 Å². The second-order valence-corrected chi connectivity index (χ2v) is 6.72. The average molecular weight is 335 g/mol. The number of anilines is 1. The Bertz CT molecular complexity index is 674. The van der Waals surface area contributed by atoms with Crippen molar-refractivity contribution in [2.75, 3.05) is 18.4 Å². The van der Waals surface area contributed by atoms with Crippen molar-refractivity contribution >= 4 is 22.4 Å². The Morgan fingerprint density at radius 3 is 2.87 bits per heavy atom. The second kappa shape index (κ2) is 7.14. The van der Waals surface area contributed by atoms with Gasteiger partial charge in [0.25, 0.3) is 5.91 Å². The van der Waals surface area contributed by atoms with Gasteiger partial charge in [0.2, 0.25) is 5.13 Å². The van der Waals surface area contributed by atoms with Crippen molar-refractivity contribution in [3.05, 3.63) is 16.4 Å². The second-order valence-electron chi connectivity index (χ2n) is 5.65. The molecule has 0 aliphatic carbocycles. The number of amides is 1. The number of nitrogens with zero attached hydrogens (tertiary/aromatic N) is 5. The molecule has 2 aromatic heterocycles. The summed E-state index contributed by atoms with van der Waals surface area (Å²) in [5.41, 5.74) is 1.16. The number of carbonyl (C=O) groups is 1.